The van der Waals surface area contributed by atoms with Crippen LogP contribution in [-0.2, 0) is 5.41 Å². The molecule has 3 rings (SSSR count). The molecule has 106 valence electrons. The lowest BCUT2D eigenvalue weighted by molar-refractivity contribution is 0.592. The van der Waals surface area contributed by atoms with Crippen LogP contribution in [0, 0.1) is 0 Å². The van der Waals surface area contributed by atoms with E-state index in [-0.39, 0.29) is 5.41 Å². The minimum atomic E-state index is 0.0604. The molecule has 0 spiro atoms. The van der Waals surface area contributed by atoms with Gasteiger partial charge in [0, 0.05) is 5.56 Å². The van der Waals surface area contributed by atoms with E-state index in [0.717, 1.165) is 11.3 Å². The number of hydrogen-bond donors (Lipinski definition) is 1. The van der Waals surface area contributed by atoms with Gasteiger partial charge in [0.1, 0.15) is 5.69 Å². The molecule has 0 atom stereocenters. The van der Waals surface area contributed by atoms with Crippen LogP contribution in [0.4, 0.5) is 0 Å². The molecule has 0 aliphatic carbocycles. The number of aromatic amines is 1. The molecule has 1 heterocycles. The van der Waals surface area contributed by atoms with Crippen molar-refractivity contribution in [3.05, 3.63) is 60.3 Å². The summed E-state index contributed by atoms with van der Waals surface area (Å²) in [4.78, 5) is 0. The van der Waals surface area contributed by atoms with Crippen LogP contribution in [0.5, 0.6) is 0 Å². The van der Waals surface area contributed by atoms with Gasteiger partial charge in [-0.3, -0.25) is 0 Å². The summed E-state index contributed by atoms with van der Waals surface area (Å²) < 4.78 is 0. The lowest BCUT2D eigenvalue weighted by Crippen LogP contribution is -2.13. The molecule has 0 saturated heterocycles. The predicted molar refractivity (Wildman–Crippen MR) is 86.0 cm³/mol. The van der Waals surface area contributed by atoms with Gasteiger partial charge in [0.15, 0.2) is 0 Å². The van der Waals surface area contributed by atoms with Crippen molar-refractivity contribution in [3.63, 3.8) is 0 Å². The number of rotatable bonds is 2. The van der Waals surface area contributed by atoms with Gasteiger partial charge < -0.3 is 0 Å². The van der Waals surface area contributed by atoms with E-state index in [9.17, 15) is 0 Å². The lowest BCUT2D eigenvalue weighted by Gasteiger charge is -2.24. The van der Waals surface area contributed by atoms with Gasteiger partial charge in [-0.25, -0.2) is 0 Å². The van der Waals surface area contributed by atoms with Crippen molar-refractivity contribution >= 4 is 0 Å². The van der Waals surface area contributed by atoms with Gasteiger partial charge in [-0.2, -0.15) is 15.4 Å². The van der Waals surface area contributed by atoms with Crippen molar-refractivity contribution in [2.75, 3.05) is 0 Å². The van der Waals surface area contributed by atoms with E-state index < -0.39 is 0 Å². The number of nitrogens with one attached hydrogen (secondary N) is 1. The molecular formula is C18H19N3. The largest absolute Gasteiger partial charge is 0.197 e. The smallest absolute Gasteiger partial charge is 0.112 e. The molecule has 21 heavy (non-hydrogen) atoms. The molecular weight excluding hydrogens is 258 g/mol. The third-order valence-electron chi connectivity index (χ3n) is 3.62. The van der Waals surface area contributed by atoms with Crippen LogP contribution >= 0.6 is 0 Å². The molecule has 3 aromatic rings. The second-order valence-corrected chi connectivity index (χ2v) is 6.23. The van der Waals surface area contributed by atoms with Crippen LogP contribution in [0.1, 0.15) is 26.3 Å². The first-order chi connectivity index (χ1) is 10.1. The van der Waals surface area contributed by atoms with E-state index in [1.54, 1.807) is 6.20 Å². The highest BCUT2D eigenvalue weighted by atomic mass is 15.3. The van der Waals surface area contributed by atoms with Crippen LogP contribution in [-0.4, -0.2) is 15.4 Å². The first kappa shape index (κ1) is 13.6. The van der Waals surface area contributed by atoms with Crippen molar-refractivity contribution in [1.82, 2.24) is 15.4 Å². The summed E-state index contributed by atoms with van der Waals surface area (Å²) in [6.45, 7) is 6.71. The number of H-pyrrole nitrogens is 1. The average Bonchev–Trinajstić information content (AvgIpc) is 3.01. The molecule has 0 aliphatic rings. The molecule has 0 saturated carbocycles. The standard InChI is InChI=1S/C18H19N3/c1-18(2,3)16-11-14(17-12-19-21-20-17)9-10-15(16)13-7-5-4-6-8-13/h4-12H,1-3H3,(H,19,20,21). The first-order valence-electron chi connectivity index (χ1n) is 7.12. The lowest BCUT2D eigenvalue weighted by atomic mass is 9.80. The van der Waals surface area contributed by atoms with Gasteiger partial charge in [-0.15, -0.1) is 0 Å². The van der Waals surface area contributed by atoms with Gasteiger partial charge >= 0.3 is 0 Å². The van der Waals surface area contributed by atoms with E-state index in [2.05, 4.69) is 78.6 Å². The molecule has 0 fully saturated rings. The van der Waals surface area contributed by atoms with Gasteiger partial charge in [0.2, 0.25) is 0 Å². The normalized spacial score (nSPS) is 11.6. The summed E-state index contributed by atoms with van der Waals surface area (Å²) in [5, 5.41) is 10.7. The maximum atomic E-state index is 4.18. The zero-order chi connectivity index (χ0) is 14.9. The zero-order valence-corrected chi connectivity index (χ0v) is 12.6. The fourth-order valence-electron chi connectivity index (χ4n) is 2.53. The van der Waals surface area contributed by atoms with Crippen LogP contribution in [0.15, 0.2) is 54.7 Å². The first-order valence-corrected chi connectivity index (χ1v) is 7.12. The predicted octanol–water partition coefficient (Wildman–Crippen LogP) is 4.44. The quantitative estimate of drug-likeness (QED) is 0.752. The Morgan fingerprint density at radius 2 is 1.67 bits per heavy atom. The Morgan fingerprint density at radius 3 is 2.29 bits per heavy atom. The van der Waals surface area contributed by atoms with Crippen molar-refractivity contribution in [2.24, 2.45) is 0 Å². The molecule has 0 amide bonds. The highest BCUT2D eigenvalue weighted by Crippen LogP contribution is 2.35. The Labute approximate surface area is 125 Å². The SMILES string of the molecule is CC(C)(C)c1cc(-c2cn[nH]n2)ccc1-c1ccccc1. The van der Waals surface area contributed by atoms with Gasteiger partial charge in [0.05, 0.1) is 6.20 Å². The fourth-order valence-corrected chi connectivity index (χ4v) is 2.53. The van der Waals surface area contributed by atoms with Crippen molar-refractivity contribution in [3.8, 4) is 22.4 Å². The number of benzene rings is 2. The molecule has 3 heteroatoms. The molecule has 0 bridgehead atoms. The zero-order valence-electron chi connectivity index (χ0n) is 12.6. The molecule has 0 aliphatic heterocycles. The summed E-state index contributed by atoms with van der Waals surface area (Å²) in [6.07, 6.45) is 1.75. The summed E-state index contributed by atoms with van der Waals surface area (Å²) in [5.41, 5.74) is 5.86. The van der Waals surface area contributed by atoms with E-state index in [1.165, 1.54) is 16.7 Å². The van der Waals surface area contributed by atoms with Gasteiger partial charge in [-0.1, -0.05) is 63.2 Å². The molecule has 1 N–H and O–H groups in total. The third kappa shape index (κ3) is 2.72. The van der Waals surface area contributed by atoms with Gasteiger partial charge in [-0.05, 0) is 28.2 Å². The van der Waals surface area contributed by atoms with Crippen LogP contribution in [0.25, 0.3) is 22.4 Å². The minimum Gasteiger partial charge on any atom is -0.197 e. The van der Waals surface area contributed by atoms with Crippen LogP contribution in [0.3, 0.4) is 0 Å². The van der Waals surface area contributed by atoms with Gasteiger partial charge in [0.25, 0.3) is 0 Å². The molecule has 0 unspecified atom stereocenters. The van der Waals surface area contributed by atoms with E-state index in [1.807, 2.05) is 6.07 Å². The van der Waals surface area contributed by atoms with Crippen molar-refractivity contribution in [2.45, 2.75) is 26.2 Å². The maximum Gasteiger partial charge on any atom is 0.112 e. The number of hydrogen-bond acceptors (Lipinski definition) is 2. The summed E-state index contributed by atoms with van der Waals surface area (Å²) in [5.74, 6) is 0. The minimum absolute atomic E-state index is 0.0604. The third-order valence-corrected chi connectivity index (χ3v) is 3.62. The number of nitrogens with zero attached hydrogens (tertiary/aromatic N) is 2. The Morgan fingerprint density at radius 1 is 0.905 bits per heavy atom. The summed E-state index contributed by atoms with van der Waals surface area (Å²) in [6, 6.07) is 17.0. The second-order valence-electron chi connectivity index (χ2n) is 6.23. The Balaban J connectivity index is 2.18. The van der Waals surface area contributed by atoms with E-state index in [0.29, 0.717) is 0 Å². The maximum absolute atomic E-state index is 4.18. The van der Waals surface area contributed by atoms with Crippen LogP contribution < -0.4 is 0 Å². The second kappa shape index (κ2) is 5.17. The molecule has 0 radical (unpaired) electrons. The highest BCUT2D eigenvalue weighted by Gasteiger charge is 2.20. The summed E-state index contributed by atoms with van der Waals surface area (Å²) >= 11 is 0. The Hall–Kier alpha value is -2.42. The van der Waals surface area contributed by atoms with E-state index >= 15 is 0 Å². The monoisotopic (exact) mass is 277 g/mol. The van der Waals surface area contributed by atoms with Crippen LogP contribution in [0.2, 0.25) is 0 Å². The topological polar surface area (TPSA) is 41.6 Å². The molecule has 1 aromatic heterocycles. The molecule has 2 aromatic carbocycles. The molecule has 3 nitrogen and oxygen atoms in total. The number of aromatic nitrogens is 3. The Kier molecular flexibility index (Phi) is 3.34. The van der Waals surface area contributed by atoms with E-state index in [4.69, 9.17) is 0 Å². The Bertz CT molecular complexity index is 723. The fraction of sp³-hybridized carbons (Fsp3) is 0.222. The average molecular weight is 277 g/mol. The highest BCUT2D eigenvalue weighted by molar-refractivity contribution is 5.73. The summed E-state index contributed by atoms with van der Waals surface area (Å²) in [7, 11) is 0. The van der Waals surface area contributed by atoms with Crippen molar-refractivity contribution in [1.29, 1.82) is 0 Å². The van der Waals surface area contributed by atoms with Crippen molar-refractivity contribution < 1.29 is 0 Å².